The standard InChI is InChI=1S/5C16H20N/c2*1-11-6-7-15(13(3)8-11)16-9-12(2)14(4)10-17(16)5;2*1-11-6-7-12(2)15(8-11)16-9-13(3)14(4)10-17(16)5;1-11-7-6-8-12(2)16(11)15-9-13(3)14(4)10-17(15)5/h5*6-10H,1-5H3/q5*+1/i1D3,2D3,4D3;;4D3;;. The van der Waals surface area contributed by atoms with Crippen molar-refractivity contribution in [2.45, 2.75) is 138 Å². The second-order valence-corrected chi connectivity index (χ2v) is 23.6. The third-order valence-electron chi connectivity index (χ3n) is 16.2. The number of rotatable bonds is 5. The lowest BCUT2D eigenvalue weighted by atomic mass is 9.97. The van der Waals surface area contributed by atoms with Crippen LogP contribution in [0.2, 0.25) is 0 Å². The molecule has 0 N–H and O–H groups in total. The molecule has 0 saturated heterocycles. The molecular weight excluding hydrogens is 1030 g/mol. The van der Waals surface area contributed by atoms with Crippen LogP contribution in [0.5, 0.6) is 0 Å². The zero-order valence-electron chi connectivity index (χ0n) is 66.7. The molecule has 0 unspecified atom stereocenters. The SMILES string of the molecule is Cc1cc(-c2c(C)cccc2C)[n+](C)cc1C.Cc1ccc(-c2cc(C)c(C)c[n+]2C)c(C)c1.Cc1ccc(C)c(-c2cc(C)c(C)c[n+]2C)c1.[2H]C([2H])([2H])c1c[n+](C)c(-c2cc(C)ccc2C)cc1C.[2H]C([2H])([2H])c1ccc(-c2cc(C([2H])([2H])[2H])c(C([2H])([2H])[2H])c[n+]2C)c(C)c1. The fourth-order valence-electron chi connectivity index (χ4n) is 10.7. The largest absolute Gasteiger partial charge is 0.213 e. The van der Waals surface area contributed by atoms with Crippen molar-refractivity contribution < 1.29 is 39.3 Å². The highest BCUT2D eigenvalue weighted by atomic mass is 14.9. The third kappa shape index (κ3) is 16.6. The molecule has 0 atom stereocenters. The maximum atomic E-state index is 7.69. The topological polar surface area (TPSA) is 19.4 Å². The monoisotopic (exact) mass is 1140 g/mol. The summed E-state index contributed by atoms with van der Waals surface area (Å²) >= 11 is 0. The van der Waals surface area contributed by atoms with Crippen molar-refractivity contribution in [2.24, 2.45) is 35.2 Å². The first-order valence-corrected chi connectivity index (χ1v) is 29.2. The first-order valence-electron chi connectivity index (χ1n) is 35.2. The molecule has 5 aromatic carbocycles. The Labute approximate surface area is 530 Å². The maximum Gasteiger partial charge on any atom is 0.213 e. The molecule has 0 bridgehead atoms. The van der Waals surface area contributed by atoms with Gasteiger partial charge in [-0.05, 0) is 224 Å². The Morgan fingerprint density at radius 3 is 0.929 bits per heavy atom. The van der Waals surface area contributed by atoms with Crippen molar-refractivity contribution in [1.82, 2.24) is 0 Å². The van der Waals surface area contributed by atoms with Crippen LogP contribution < -0.4 is 22.8 Å². The van der Waals surface area contributed by atoms with Gasteiger partial charge in [0.15, 0.2) is 31.0 Å². The lowest BCUT2D eigenvalue weighted by Gasteiger charge is -2.09. The summed E-state index contributed by atoms with van der Waals surface area (Å²) in [6.45, 7) is 24.2. The molecule has 0 aliphatic heterocycles. The van der Waals surface area contributed by atoms with Crippen LogP contribution in [0.4, 0.5) is 0 Å². The second kappa shape index (κ2) is 28.6. The average molecular weight is 1140 g/mol. The van der Waals surface area contributed by atoms with Gasteiger partial charge in [-0.15, -0.1) is 0 Å². The molecule has 85 heavy (non-hydrogen) atoms. The summed E-state index contributed by atoms with van der Waals surface area (Å²) in [5.41, 5.74) is 31.2. The number of hydrogen-bond donors (Lipinski definition) is 0. The van der Waals surface area contributed by atoms with Crippen molar-refractivity contribution in [3.05, 3.63) is 264 Å². The van der Waals surface area contributed by atoms with Gasteiger partial charge in [0, 0.05) is 96.9 Å². The number of pyridine rings is 5. The van der Waals surface area contributed by atoms with Gasteiger partial charge in [0.2, 0.25) is 28.5 Å². The van der Waals surface area contributed by atoms with E-state index < -0.39 is 27.4 Å². The highest BCUT2D eigenvalue weighted by Gasteiger charge is 2.19. The lowest BCUT2D eigenvalue weighted by molar-refractivity contribution is -0.660. The summed E-state index contributed by atoms with van der Waals surface area (Å²) in [4.78, 5) is 0. The highest BCUT2D eigenvalue weighted by molar-refractivity contribution is 5.67. The van der Waals surface area contributed by atoms with E-state index in [-0.39, 0.29) is 16.7 Å². The van der Waals surface area contributed by atoms with Gasteiger partial charge in [0.05, 0.1) is 5.56 Å². The summed E-state index contributed by atoms with van der Waals surface area (Å²) in [5, 5.41) is 0. The van der Waals surface area contributed by atoms with Crippen LogP contribution in [0.15, 0.2) is 152 Å². The van der Waals surface area contributed by atoms with E-state index >= 15 is 0 Å². The average Bonchev–Trinajstić information content (AvgIpc) is 0.775. The van der Waals surface area contributed by atoms with Gasteiger partial charge in [-0.25, -0.2) is 22.8 Å². The fourth-order valence-corrected chi connectivity index (χ4v) is 10.7. The molecule has 0 aliphatic carbocycles. The molecule has 0 amide bonds. The Morgan fingerprint density at radius 1 is 0.224 bits per heavy atom. The quantitative estimate of drug-likeness (QED) is 0.153. The molecule has 10 rings (SSSR count). The molecule has 5 nitrogen and oxygen atoms in total. The predicted octanol–water partition coefficient (Wildman–Crippen LogP) is 17.1. The fraction of sp³-hybridized carbons (Fsp3) is 0.312. The minimum absolute atomic E-state index is 0.191. The van der Waals surface area contributed by atoms with Crippen molar-refractivity contribution in [3.8, 4) is 56.3 Å². The zero-order chi connectivity index (χ0) is 72.9. The van der Waals surface area contributed by atoms with Crippen molar-refractivity contribution in [1.29, 1.82) is 0 Å². The van der Waals surface area contributed by atoms with E-state index in [1.54, 1.807) is 30.8 Å². The Morgan fingerprint density at radius 2 is 0.529 bits per heavy atom. The van der Waals surface area contributed by atoms with E-state index in [0.29, 0.717) is 22.4 Å². The molecule has 5 aromatic heterocycles. The molecule has 5 heterocycles. The van der Waals surface area contributed by atoms with Gasteiger partial charge in [-0.2, -0.15) is 0 Å². The molecule has 0 aliphatic rings. The van der Waals surface area contributed by atoms with E-state index in [1.165, 1.54) is 136 Å². The zero-order valence-corrected chi connectivity index (χ0v) is 54.7. The van der Waals surface area contributed by atoms with Crippen LogP contribution in [0.3, 0.4) is 0 Å². The predicted molar refractivity (Wildman–Crippen MR) is 360 cm³/mol. The molecule has 0 radical (unpaired) electrons. The van der Waals surface area contributed by atoms with Crippen molar-refractivity contribution >= 4 is 0 Å². The van der Waals surface area contributed by atoms with Gasteiger partial charge in [0.25, 0.3) is 0 Å². The Bertz CT molecular complexity index is 4510. The third-order valence-corrected chi connectivity index (χ3v) is 16.2. The van der Waals surface area contributed by atoms with Crippen LogP contribution >= 0.6 is 0 Å². The van der Waals surface area contributed by atoms with Crippen LogP contribution in [0.1, 0.15) is 128 Å². The molecule has 5 heteroatoms. The minimum atomic E-state index is -2.58. The van der Waals surface area contributed by atoms with E-state index in [0.717, 1.165) is 16.8 Å². The summed E-state index contributed by atoms with van der Waals surface area (Å²) in [5.74, 6) is 0. The second-order valence-electron chi connectivity index (χ2n) is 23.6. The molecular formula is C80H100N5+5. The van der Waals surface area contributed by atoms with Crippen LogP contribution in [-0.4, -0.2) is 0 Å². The maximum absolute atomic E-state index is 7.69. The van der Waals surface area contributed by atoms with Gasteiger partial charge in [-0.3, -0.25) is 0 Å². The van der Waals surface area contributed by atoms with Crippen LogP contribution in [-0.2, 0) is 35.2 Å². The summed E-state index contributed by atoms with van der Waals surface area (Å²) in [6, 6.07) is 40.8. The normalized spacial score (nSPS) is 13.3. The molecule has 10 aromatic rings. The molecule has 0 spiro atoms. The number of nitrogens with zero attached hydrogens (tertiary/aromatic N) is 5. The van der Waals surface area contributed by atoms with Crippen molar-refractivity contribution in [2.75, 3.05) is 0 Å². The van der Waals surface area contributed by atoms with Crippen molar-refractivity contribution in [3.63, 3.8) is 0 Å². The minimum Gasteiger partial charge on any atom is -0.201 e. The summed E-state index contributed by atoms with van der Waals surface area (Å²) < 4.78 is 101. The van der Waals surface area contributed by atoms with Gasteiger partial charge in [-0.1, -0.05) is 89.0 Å². The first-order chi connectivity index (χ1) is 44.8. The van der Waals surface area contributed by atoms with Crippen LogP contribution in [0.25, 0.3) is 56.3 Å². The smallest absolute Gasteiger partial charge is 0.201 e. The Balaban J connectivity index is 0.000000194. The molecule has 0 fully saturated rings. The van der Waals surface area contributed by atoms with Gasteiger partial charge < -0.3 is 0 Å². The number of hydrogen-bond acceptors (Lipinski definition) is 0. The van der Waals surface area contributed by atoms with Gasteiger partial charge in [0.1, 0.15) is 35.2 Å². The highest BCUT2D eigenvalue weighted by Crippen LogP contribution is 2.28. The number of aryl methyl sites for hydroxylation is 25. The number of aromatic nitrogens is 5. The lowest BCUT2D eigenvalue weighted by Crippen LogP contribution is -2.31. The van der Waals surface area contributed by atoms with Gasteiger partial charge >= 0.3 is 0 Å². The van der Waals surface area contributed by atoms with E-state index in [2.05, 4.69) is 241 Å². The first kappa shape index (κ1) is 50.2. The molecule has 0 saturated carbocycles. The summed E-state index contributed by atoms with van der Waals surface area (Å²) in [6.07, 6.45) is 9.63. The Hall–Kier alpha value is -8.15. The number of benzene rings is 5. The molecule has 440 valence electrons. The van der Waals surface area contributed by atoms with E-state index in [4.69, 9.17) is 16.4 Å². The van der Waals surface area contributed by atoms with E-state index in [1.807, 2.05) is 24.6 Å². The Kier molecular flexibility index (Phi) is 16.9. The van der Waals surface area contributed by atoms with Crippen LogP contribution in [0, 0.1) is 138 Å². The van der Waals surface area contributed by atoms with E-state index in [9.17, 15) is 0 Å². The summed E-state index contributed by atoms with van der Waals surface area (Å²) in [7, 11) is 9.87.